The lowest BCUT2D eigenvalue weighted by Crippen LogP contribution is -1.84. The summed E-state index contributed by atoms with van der Waals surface area (Å²) in [6, 6.07) is 16.3. The number of rotatable bonds is 4. The molecule has 0 spiro atoms. The fourth-order valence-electron chi connectivity index (χ4n) is 1.54. The molecule has 18 heavy (non-hydrogen) atoms. The van der Waals surface area contributed by atoms with Crippen molar-refractivity contribution in [1.29, 1.82) is 5.26 Å². The SMILES string of the molecule is N#Cc1ccc(CSCc2ccc(F)cc2)cc1. The van der Waals surface area contributed by atoms with E-state index in [-0.39, 0.29) is 5.82 Å². The summed E-state index contributed by atoms with van der Waals surface area (Å²) in [5, 5.41) is 8.69. The van der Waals surface area contributed by atoms with Crippen LogP contribution < -0.4 is 0 Å². The van der Waals surface area contributed by atoms with Gasteiger partial charge in [-0.15, -0.1) is 0 Å². The summed E-state index contributed by atoms with van der Waals surface area (Å²) in [6.07, 6.45) is 0. The predicted molar refractivity (Wildman–Crippen MR) is 72.6 cm³/mol. The Hall–Kier alpha value is -1.79. The molecule has 0 bridgehead atoms. The van der Waals surface area contributed by atoms with E-state index in [2.05, 4.69) is 6.07 Å². The zero-order valence-electron chi connectivity index (χ0n) is 9.77. The molecule has 0 atom stereocenters. The molecule has 2 rings (SSSR count). The minimum absolute atomic E-state index is 0.198. The van der Waals surface area contributed by atoms with Crippen molar-refractivity contribution in [2.45, 2.75) is 11.5 Å². The van der Waals surface area contributed by atoms with Gasteiger partial charge in [0.1, 0.15) is 5.82 Å². The third-order valence-corrected chi connectivity index (χ3v) is 3.61. The number of nitrogens with zero attached hydrogens (tertiary/aromatic N) is 1. The first kappa shape index (κ1) is 12.7. The number of benzene rings is 2. The van der Waals surface area contributed by atoms with Crippen molar-refractivity contribution in [3.63, 3.8) is 0 Å². The second-order valence-corrected chi connectivity index (χ2v) is 4.91. The summed E-state index contributed by atoms with van der Waals surface area (Å²) in [5.74, 6) is 1.56. The maximum absolute atomic E-state index is 12.7. The Morgan fingerprint density at radius 3 is 1.89 bits per heavy atom. The van der Waals surface area contributed by atoms with Crippen LogP contribution >= 0.6 is 11.8 Å². The third kappa shape index (κ3) is 3.61. The fourth-order valence-corrected chi connectivity index (χ4v) is 2.50. The van der Waals surface area contributed by atoms with E-state index in [1.165, 1.54) is 17.7 Å². The lowest BCUT2D eigenvalue weighted by molar-refractivity contribution is 0.627. The Balaban J connectivity index is 1.84. The average Bonchev–Trinajstić information content (AvgIpc) is 2.42. The molecule has 0 aliphatic carbocycles. The minimum atomic E-state index is -0.198. The van der Waals surface area contributed by atoms with Gasteiger partial charge < -0.3 is 0 Å². The van der Waals surface area contributed by atoms with Crippen LogP contribution in [-0.4, -0.2) is 0 Å². The van der Waals surface area contributed by atoms with Crippen LogP contribution in [0.25, 0.3) is 0 Å². The van der Waals surface area contributed by atoms with Crippen LogP contribution in [0.3, 0.4) is 0 Å². The van der Waals surface area contributed by atoms with Crippen LogP contribution in [0.2, 0.25) is 0 Å². The Labute approximate surface area is 110 Å². The van der Waals surface area contributed by atoms with E-state index in [4.69, 9.17) is 5.26 Å². The first-order chi connectivity index (χ1) is 8.78. The van der Waals surface area contributed by atoms with Gasteiger partial charge in [-0.1, -0.05) is 24.3 Å². The van der Waals surface area contributed by atoms with E-state index in [0.29, 0.717) is 5.56 Å². The van der Waals surface area contributed by atoms with Gasteiger partial charge in [0.15, 0.2) is 0 Å². The molecule has 1 nitrogen and oxygen atoms in total. The van der Waals surface area contributed by atoms with Crippen LogP contribution in [0, 0.1) is 17.1 Å². The van der Waals surface area contributed by atoms with Crippen molar-refractivity contribution in [1.82, 2.24) is 0 Å². The standard InChI is InChI=1S/C15H12FNS/c16-15-7-5-14(6-8-15)11-18-10-13-3-1-12(9-17)2-4-13/h1-8H,10-11H2. The van der Waals surface area contributed by atoms with Crippen molar-refractivity contribution >= 4 is 11.8 Å². The molecule has 90 valence electrons. The monoisotopic (exact) mass is 257 g/mol. The molecule has 0 radical (unpaired) electrons. The highest BCUT2D eigenvalue weighted by Crippen LogP contribution is 2.18. The average molecular weight is 257 g/mol. The number of nitriles is 1. The van der Waals surface area contributed by atoms with Gasteiger partial charge in [0.25, 0.3) is 0 Å². The molecule has 0 unspecified atom stereocenters. The highest BCUT2D eigenvalue weighted by molar-refractivity contribution is 7.97. The molecule has 3 heteroatoms. The molecule has 0 fully saturated rings. The zero-order chi connectivity index (χ0) is 12.8. The van der Waals surface area contributed by atoms with Gasteiger partial charge in [0.2, 0.25) is 0 Å². The maximum atomic E-state index is 12.7. The Kier molecular flexibility index (Phi) is 4.38. The summed E-state index contributed by atoms with van der Waals surface area (Å²) in [6.45, 7) is 0. The van der Waals surface area contributed by atoms with Gasteiger partial charge in [0, 0.05) is 11.5 Å². The molecule has 0 heterocycles. The van der Waals surface area contributed by atoms with E-state index >= 15 is 0 Å². The molecule has 0 aliphatic heterocycles. The van der Waals surface area contributed by atoms with E-state index in [9.17, 15) is 4.39 Å². The summed E-state index contributed by atoms with van der Waals surface area (Å²) in [7, 11) is 0. The van der Waals surface area contributed by atoms with E-state index in [0.717, 1.165) is 17.1 Å². The molecular formula is C15H12FNS. The summed E-state index contributed by atoms with van der Waals surface area (Å²) in [4.78, 5) is 0. The molecule has 0 amide bonds. The number of thioether (sulfide) groups is 1. The van der Waals surface area contributed by atoms with E-state index < -0.39 is 0 Å². The largest absolute Gasteiger partial charge is 0.207 e. The Bertz CT molecular complexity index is 540. The highest BCUT2D eigenvalue weighted by atomic mass is 32.2. The van der Waals surface area contributed by atoms with Crippen LogP contribution in [0.4, 0.5) is 4.39 Å². The summed E-state index contributed by atoms with van der Waals surface area (Å²) < 4.78 is 12.7. The first-order valence-electron chi connectivity index (χ1n) is 5.59. The maximum Gasteiger partial charge on any atom is 0.123 e. The van der Waals surface area contributed by atoms with Crippen LogP contribution in [0.5, 0.6) is 0 Å². The first-order valence-corrected chi connectivity index (χ1v) is 6.74. The van der Waals surface area contributed by atoms with Crippen molar-refractivity contribution in [2.24, 2.45) is 0 Å². The van der Waals surface area contributed by atoms with Crippen molar-refractivity contribution in [3.05, 3.63) is 71.0 Å². The van der Waals surface area contributed by atoms with Crippen LogP contribution in [0.15, 0.2) is 48.5 Å². The Morgan fingerprint density at radius 1 is 0.889 bits per heavy atom. The fraction of sp³-hybridized carbons (Fsp3) is 0.133. The molecule has 0 aliphatic rings. The molecule has 0 N–H and O–H groups in total. The second kappa shape index (κ2) is 6.23. The Morgan fingerprint density at radius 2 is 1.39 bits per heavy atom. The molecule has 2 aromatic carbocycles. The van der Waals surface area contributed by atoms with Gasteiger partial charge in [-0.05, 0) is 35.4 Å². The van der Waals surface area contributed by atoms with Gasteiger partial charge in [-0.3, -0.25) is 0 Å². The van der Waals surface area contributed by atoms with Gasteiger partial charge in [-0.25, -0.2) is 4.39 Å². The number of hydrogen-bond donors (Lipinski definition) is 0. The molecule has 0 saturated heterocycles. The van der Waals surface area contributed by atoms with Gasteiger partial charge >= 0.3 is 0 Å². The zero-order valence-corrected chi connectivity index (χ0v) is 10.6. The topological polar surface area (TPSA) is 23.8 Å². The lowest BCUT2D eigenvalue weighted by atomic mass is 10.2. The smallest absolute Gasteiger partial charge is 0.123 e. The molecule has 0 saturated carbocycles. The van der Waals surface area contributed by atoms with E-state index in [1.54, 1.807) is 23.9 Å². The second-order valence-electron chi connectivity index (χ2n) is 3.93. The van der Waals surface area contributed by atoms with Crippen molar-refractivity contribution in [3.8, 4) is 6.07 Å². The van der Waals surface area contributed by atoms with Gasteiger partial charge in [-0.2, -0.15) is 17.0 Å². The summed E-state index contributed by atoms with van der Waals surface area (Å²) in [5.41, 5.74) is 3.00. The minimum Gasteiger partial charge on any atom is -0.207 e. The van der Waals surface area contributed by atoms with Crippen LogP contribution in [-0.2, 0) is 11.5 Å². The molecular weight excluding hydrogens is 245 g/mol. The molecule has 2 aromatic rings. The number of halogens is 1. The number of hydrogen-bond acceptors (Lipinski definition) is 2. The van der Waals surface area contributed by atoms with Crippen LogP contribution in [0.1, 0.15) is 16.7 Å². The summed E-state index contributed by atoms with van der Waals surface area (Å²) >= 11 is 1.77. The quantitative estimate of drug-likeness (QED) is 0.822. The third-order valence-electron chi connectivity index (χ3n) is 2.53. The highest BCUT2D eigenvalue weighted by Gasteiger charge is 1.97. The van der Waals surface area contributed by atoms with Gasteiger partial charge in [0.05, 0.1) is 11.6 Å². The molecule has 0 aromatic heterocycles. The van der Waals surface area contributed by atoms with Crippen molar-refractivity contribution < 1.29 is 4.39 Å². The predicted octanol–water partition coefficient (Wildman–Crippen LogP) is 4.13. The van der Waals surface area contributed by atoms with Crippen molar-refractivity contribution in [2.75, 3.05) is 0 Å². The normalized spacial score (nSPS) is 10.0. The van der Waals surface area contributed by atoms with E-state index in [1.807, 2.05) is 24.3 Å². The lowest BCUT2D eigenvalue weighted by Gasteiger charge is -2.02.